The molecule has 0 spiro atoms. The van der Waals surface area contributed by atoms with Crippen LogP contribution in [0.3, 0.4) is 0 Å². The fraction of sp³-hybridized carbons (Fsp3) is 0.241. The summed E-state index contributed by atoms with van der Waals surface area (Å²) in [6.45, 7) is 6.18. The van der Waals surface area contributed by atoms with E-state index in [-0.39, 0.29) is 23.8 Å². The average molecular weight is 452 g/mol. The Morgan fingerprint density at radius 3 is 2.44 bits per heavy atom. The van der Waals surface area contributed by atoms with Crippen molar-refractivity contribution < 1.29 is 9.59 Å². The van der Waals surface area contributed by atoms with Crippen LogP contribution in [0.25, 0.3) is 10.9 Å². The number of nitrogens with zero attached hydrogens (tertiary/aromatic N) is 1. The van der Waals surface area contributed by atoms with Gasteiger partial charge in [0.15, 0.2) is 0 Å². The second-order valence-corrected chi connectivity index (χ2v) is 9.49. The molecule has 3 aromatic carbocycles. The van der Waals surface area contributed by atoms with Crippen molar-refractivity contribution in [1.29, 1.82) is 0 Å². The van der Waals surface area contributed by atoms with E-state index in [0.717, 1.165) is 33.3 Å². The number of aryl methyl sites for hydroxylation is 1. The Balaban J connectivity index is 1.60. The predicted molar refractivity (Wildman–Crippen MR) is 136 cm³/mol. The summed E-state index contributed by atoms with van der Waals surface area (Å²) in [4.78, 5) is 32.6. The van der Waals surface area contributed by atoms with Crippen molar-refractivity contribution in [1.82, 2.24) is 9.88 Å². The third-order valence-electron chi connectivity index (χ3n) is 6.57. The lowest BCUT2D eigenvalue weighted by molar-refractivity contribution is -0.121. The zero-order valence-corrected chi connectivity index (χ0v) is 19.7. The van der Waals surface area contributed by atoms with Crippen LogP contribution in [-0.4, -0.2) is 27.7 Å². The van der Waals surface area contributed by atoms with E-state index < -0.39 is 6.04 Å². The summed E-state index contributed by atoms with van der Waals surface area (Å²) >= 11 is 0. The monoisotopic (exact) mass is 451 g/mol. The fourth-order valence-corrected chi connectivity index (χ4v) is 4.95. The molecule has 0 saturated carbocycles. The molecule has 2 atom stereocenters. The fourth-order valence-electron chi connectivity index (χ4n) is 4.95. The molecule has 5 nitrogen and oxygen atoms in total. The third kappa shape index (κ3) is 3.87. The molecule has 1 aromatic heterocycles. The summed E-state index contributed by atoms with van der Waals surface area (Å²) in [6, 6.07) is 22.6. The number of fused-ring (bicyclic) bond motifs is 2. The Morgan fingerprint density at radius 1 is 0.971 bits per heavy atom. The molecule has 5 heteroatoms. The van der Waals surface area contributed by atoms with Gasteiger partial charge >= 0.3 is 0 Å². The number of carbonyl (C=O) groups excluding carboxylic acids is 2. The highest BCUT2D eigenvalue weighted by Gasteiger charge is 2.44. The largest absolute Gasteiger partial charge is 0.361 e. The van der Waals surface area contributed by atoms with Crippen LogP contribution in [0.1, 0.15) is 53.4 Å². The van der Waals surface area contributed by atoms with E-state index in [9.17, 15) is 9.59 Å². The third-order valence-corrected chi connectivity index (χ3v) is 6.57. The van der Waals surface area contributed by atoms with Crippen LogP contribution in [0.4, 0.5) is 5.69 Å². The molecular weight excluding hydrogens is 422 g/mol. The predicted octanol–water partition coefficient (Wildman–Crippen LogP) is 6.07. The lowest BCUT2D eigenvalue weighted by Gasteiger charge is -2.34. The van der Waals surface area contributed by atoms with Crippen molar-refractivity contribution in [3.05, 3.63) is 101 Å². The second-order valence-electron chi connectivity index (χ2n) is 9.49. The SMILES string of the molecule is Cc1ccc(NC(=O)C(CC(C)C)N2C(=O)c3ccccc3C2c2c[nH]c3ccccc23)cc1. The molecule has 2 unspecified atom stereocenters. The minimum Gasteiger partial charge on any atom is -0.361 e. The minimum absolute atomic E-state index is 0.101. The summed E-state index contributed by atoms with van der Waals surface area (Å²) in [5, 5.41) is 4.12. The van der Waals surface area contributed by atoms with E-state index in [1.807, 2.05) is 79.9 Å². The number of rotatable bonds is 6. The van der Waals surface area contributed by atoms with Gasteiger partial charge in [-0.1, -0.05) is 67.9 Å². The van der Waals surface area contributed by atoms with E-state index in [1.165, 1.54) is 0 Å². The molecule has 172 valence electrons. The van der Waals surface area contributed by atoms with Crippen LogP contribution in [0.15, 0.2) is 79.0 Å². The topological polar surface area (TPSA) is 65.2 Å². The first-order valence-electron chi connectivity index (χ1n) is 11.8. The highest BCUT2D eigenvalue weighted by molar-refractivity contribution is 6.05. The maximum Gasteiger partial charge on any atom is 0.255 e. The van der Waals surface area contributed by atoms with Gasteiger partial charge in [0.1, 0.15) is 6.04 Å². The number of nitrogens with one attached hydrogen (secondary N) is 2. The Bertz CT molecular complexity index is 1350. The van der Waals surface area contributed by atoms with E-state index in [2.05, 4.69) is 30.2 Å². The standard InChI is InChI=1S/C29H29N3O2/c1-18(2)16-26(28(33)31-20-14-12-19(3)13-15-20)32-27(22-9-4-5-10-23(22)29(32)34)24-17-30-25-11-7-6-8-21(24)25/h4-15,17-18,26-27,30H,16H2,1-3H3,(H,31,33). The van der Waals surface area contributed by atoms with Crippen LogP contribution in [0, 0.1) is 12.8 Å². The maximum atomic E-state index is 13.8. The quantitative estimate of drug-likeness (QED) is 0.373. The summed E-state index contributed by atoms with van der Waals surface area (Å²) in [6.07, 6.45) is 2.54. The Kier molecular flexibility index (Phi) is 5.70. The van der Waals surface area contributed by atoms with Gasteiger partial charge in [-0.2, -0.15) is 0 Å². The number of hydrogen-bond donors (Lipinski definition) is 2. The summed E-state index contributed by atoms with van der Waals surface area (Å²) in [5.41, 5.74) is 5.48. The second kappa shape index (κ2) is 8.82. The summed E-state index contributed by atoms with van der Waals surface area (Å²) in [7, 11) is 0. The van der Waals surface area contributed by atoms with Gasteiger partial charge in [-0.05, 0) is 49.1 Å². The van der Waals surface area contributed by atoms with Crippen LogP contribution >= 0.6 is 0 Å². The van der Waals surface area contributed by atoms with Gasteiger partial charge in [0, 0.05) is 33.9 Å². The van der Waals surface area contributed by atoms with Crippen molar-refractivity contribution in [2.45, 2.75) is 39.3 Å². The molecule has 34 heavy (non-hydrogen) atoms. The summed E-state index contributed by atoms with van der Waals surface area (Å²) in [5.74, 6) is -0.0342. The number of H-pyrrole nitrogens is 1. The van der Waals surface area contributed by atoms with Gasteiger partial charge in [-0.3, -0.25) is 9.59 Å². The van der Waals surface area contributed by atoms with Crippen molar-refractivity contribution >= 4 is 28.4 Å². The van der Waals surface area contributed by atoms with E-state index in [1.54, 1.807) is 4.90 Å². The van der Waals surface area contributed by atoms with Gasteiger partial charge in [-0.25, -0.2) is 0 Å². The number of hydrogen-bond acceptors (Lipinski definition) is 2. The first-order valence-corrected chi connectivity index (χ1v) is 11.8. The number of aromatic amines is 1. The summed E-state index contributed by atoms with van der Waals surface area (Å²) < 4.78 is 0. The molecular formula is C29H29N3O2. The van der Waals surface area contributed by atoms with Crippen molar-refractivity contribution in [3.8, 4) is 0 Å². The van der Waals surface area contributed by atoms with Gasteiger partial charge in [0.05, 0.1) is 6.04 Å². The van der Waals surface area contributed by atoms with Gasteiger partial charge in [0.2, 0.25) is 5.91 Å². The Morgan fingerprint density at radius 2 is 1.68 bits per heavy atom. The van der Waals surface area contributed by atoms with Gasteiger partial charge < -0.3 is 15.2 Å². The van der Waals surface area contributed by atoms with E-state index in [0.29, 0.717) is 12.0 Å². The first kappa shape index (κ1) is 22.0. The van der Waals surface area contributed by atoms with Crippen LogP contribution < -0.4 is 5.32 Å². The molecule has 1 aliphatic heterocycles. The number of anilines is 1. The molecule has 0 bridgehead atoms. The average Bonchev–Trinajstić information content (AvgIpc) is 3.37. The number of benzene rings is 3. The molecule has 2 heterocycles. The molecule has 0 aliphatic carbocycles. The number of aromatic nitrogens is 1. The maximum absolute atomic E-state index is 13.8. The number of carbonyl (C=O) groups is 2. The molecule has 1 aliphatic rings. The lowest BCUT2D eigenvalue weighted by atomic mass is 9.95. The molecule has 4 aromatic rings. The molecule has 5 rings (SSSR count). The van der Waals surface area contributed by atoms with Gasteiger partial charge in [0.25, 0.3) is 5.91 Å². The molecule has 0 radical (unpaired) electrons. The van der Waals surface area contributed by atoms with E-state index in [4.69, 9.17) is 0 Å². The smallest absolute Gasteiger partial charge is 0.255 e. The van der Waals surface area contributed by atoms with Crippen LogP contribution in [0.2, 0.25) is 0 Å². The Labute approximate surface area is 199 Å². The molecule has 2 N–H and O–H groups in total. The molecule has 0 saturated heterocycles. The highest BCUT2D eigenvalue weighted by Crippen LogP contribution is 2.43. The highest BCUT2D eigenvalue weighted by atomic mass is 16.2. The van der Waals surface area contributed by atoms with Crippen molar-refractivity contribution in [3.63, 3.8) is 0 Å². The van der Waals surface area contributed by atoms with Crippen molar-refractivity contribution in [2.75, 3.05) is 5.32 Å². The number of amides is 2. The van der Waals surface area contributed by atoms with Crippen LogP contribution in [0.5, 0.6) is 0 Å². The zero-order chi connectivity index (χ0) is 23.8. The minimum atomic E-state index is -0.611. The van der Waals surface area contributed by atoms with Crippen LogP contribution in [-0.2, 0) is 4.79 Å². The lowest BCUT2D eigenvalue weighted by Crippen LogP contribution is -2.47. The molecule has 0 fully saturated rings. The molecule has 2 amide bonds. The van der Waals surface area contributed by atoms with Crippen molar-refractivity contribution in [2.24, 2.45) is 5.92 Å². The first-order chi connectivity index (χ1) is 16.4. The normalized spacial score (nSPS) is 16.2. The number of para-hydroxylation sites is 1. The van der Waals surface area contributed by atoms with E-state index >= 15 is 0 Å². The zero-order valence-electron chi connectivity index (χ0n) is 19.7. The Hall–Kier alpha value is -3.86. The van der Waals surface area contributed by atoms with Gasteiger partial charge in [-0.15, -0.1) is 0 Å².